The molecule has 0 saturated heterocycles. The van der Waals surface area contributed by atoms with Crippen LogP contribution in [0.5, 0.6) is 0 Å². The number of anilines is 1. The summed E-state index contributed by atoms with van der Waals surface area (Å²) in [5.41, 5.74) is 0.225. The van der Waals surface area contributed by atoms with Gasteiger partial charge in [-0.15, -0.1) is 0 Å². The Balaban J connectivity index is 2.08. The van der Waals surface area contributed by atoms with Gasteiger partial charge in [0, 0.05) is 0 Å². The van der Waals surface area contributed by atoms with Gasteiger partial charge in [-0.3, -0.25) is 4.79 Å². The van der Waals surface area contributed by atoms with Crippen molar-refractivity contribution in [3.63, 3.8) is 0 Å². The van der Waals surface area contributed by atoms with Crippen LogP contribution in [-0.2, 0) is 21.0 Å². The molecule has 2 rings (SSSR count). The zero-order valence-electron chi connectivity index (χ0n) is 14.0. The molecule has 2 aromatic carbocycles. The first-order chi connectivity index (χ1) is 12.0. The number of hydrogen-bond acceptors (Lipinski definition) is 3. The van der Waals surface area contributed by atoms with Crippen LogP contribution in [0.25, 0.3) is 0 Å². The first-order valence-corrected chi connectivity index (χ1v) is 9.02. The van der Waals surface area contributed by atoms with Crippen LogP contribution in [0, 0.1) is 13.8 Å². The van der Waals surface area contributed by atoms with Crippen LogP contribution < -0.4 is 10.0 Å². The topological polar surface area (TPSA) is 75.3 Å². The van der Waals surface area contributed by atoms with E-state index in [1.54, 1.807) is 13.0 Å². The second-order valence-electron chi connectivity index (χ2n) is 5.66. The first kappa shape index (κ1) is 19.9. The fraction of sp³-hybridized carbons (Fsp3) is 0.235. The molecule has 2 aromatic rings. The van der Waals surface area contributed by atoms with Crippen molar-refractivity contribution in [1.82, 2.24) is 4.72 Å². The molecule has 0 heterocycles. The maximum absolute atomic E-state index is 12.9. The zero-order chi connectivity index (χ0) is 19.5. The number of para-hydroxylation sites is 1. The number of alkyl halides is 3. The van der Waals surface area contributed by atoms with Gasteiger partial charge in [-0.25, -0.2) is 13.1 Å². The van der Waals surface area contributed by atoms with Crippen molar-refractivity contribution in [2.45, 2.75) is 24.9 Å². The maximum atomic E-state index is 12.9. The van der Waals surface area contributed by atoms with Gasteiger partial charge in [0.1, 0.15) is 0 Å². The average Bonchev–Trinajstić information content (AvgIpc) is 2.55. The summed E-state index contributed by atoms with van der Waals surface area (Å²) in [4.78, 5) is 11.9. The minimum atomic E-state index is -4.64. The van der Waals surface area contributed by atoms with Gasteiger partial charge in [-0.05, 0) is 49.2 Å². The van der Waals surface area contributed by atoms with Crippen molar-refractivity contribution in [3.8, 4) is 0 Å². The van der Waals surface area contributed by atoms with E-state index < -0.39 is 39.9 Å². The number of carbonyl (C=O) groups is 1. The number of benzene rings is 2. The minimum absolute atomic E-state index is 0.0240. The Hall–Kier alpha value is -2.39. The number of sulfonamides is 1. The summed E-state index contributed by atoms with van der Waals surface area (Å²) >= 11 is 0. The number of amides is 1. The molecule has 5 nitrogen and oxygen atoms in total. The van der Waals surface area contributed by atoms with E-state index in [1.807, 2.05) is 6.92 Å². The normalized spacial score (nSPS) is 12.0. The molecule has 0 aliphatic rings. The smallest absolute Gasteiger partial charge is 0.324 e. The largest absolute Gasteiger partial charge is 0.418 e. The summed E-state index contributed by atoms with van der Waals surface area (Å²) in [7, 11) is -3.96. The molecule has 0 unspecified atom stereocenters. The van der Waals surface area contributed by atoms with Crippen LogP contribution in [0.3, 0.4) is 0 Å². The number of rotatable bonds is 5. The average molecular weight is 386 g/mol. The molecule has 0 aliphatic carbocycles. The lowest BCUT2D eigenvalue weighted by Crippen LogP contribution is -2.33. The van der Waals surface area contributed by atoms with Crippen LogP contribution in [0.1, 0.15) is 16.7 Å². The maximum Gasteiger partial charge on any atom is 0.418 e. The molecule has 0 aliphatic heterocycles. The molecular weight excluding hydrogens is 369 g/mol. The molecule has 0 saturated carbocycles. The van der Waals surface area contributed by atoms with Crippen molar-refractivity contribution in [3.05, 3.63) is 59.2 Å². The van der Waals surface area contributed by atoms with Crippen molar-refractivity contribution < 1.29 is 26.4 Å². The quantitative estimate of drug-likeness (QED) is 0.828. The molecular formula is C17H17F3N2O3S. The van der Waals surface area contributed by atoms with E-state index in [2.05, 4.69) is 10.0 Å². The molecule has 0 spiro atoms. The van der Waals surface area contributed by atoms with E-state index in [0.717, 1.165) is 23.3 Å². The Bertz CT molecular complexity index is 925. The van der Waals surface area contributed by atoms with Crippen LogP contribution in [0.4, 0.5) is 18.9 Å². The highest BCUT2D eigenvalue weighted by Crippen LogP contribution is 2.34. The molecule has 2 N–H and O–H groups in total. The van der Waals surface area contributed by atoms with E-state index in [4.69, 9.17) is 0 Å². The predicted molar refractivity (Wildman–Crippen MR) is 91.2 cm³/mol. The standard InChI is InChI=1S/C17H17F3N2O3S/c1-11-7-8-13(9-12(11)2)26(24,25)21-10-16(23)22-15-6-4-3-5-14(15)17(18,19)20/h3-9,21H,10H2,1-2H3,(H,22,23). The van der Waals surface area contributed by atoms with Gasteiger partial charge in [-0.1, -0.05) is 18.2 Å². The number of nitrogens with one attached hydrogen (secondary N) is 2. The molecule has 140 valence electrons. The molecule has 0 bridgehead atoms. The SMILES string of the molecule is Cc1ccc(S(=O)(=O)NCC(=O)Nc2ccccc2C(F)(F)F)cc1C. The Morgan fingerprint density at radius 2 is 1.69 bits per heavy atom. The summed E-state index contributed by atoms with van der Waals surface area (Å²) in [6, 6.07) is 8.93. The Morgan fingerprint density at radius 1 is 1.04 bits per heavy atom. The van der Waals surface area contributed by atoms with Crippen molar-refractivity contribution in [2.75, 3.05) is 11.9 Å². The highest BCUT2D eigenvalue weighted by atomic mass is 32.2. The fourth-order valence-corrected chi connectivity index (χ4v) is 3.23. The van der Waals surface area contributed by atoms with Gasteiger partial charge < -0.3 is 5.32 Å². The third kappa shape index (κ3) is 4.83. The molecule has 1 amide bonds. The van der Waals surface area contributed by atoms with Gasteiger partial charge in [-0.2, -0.15) is 13.2 Å². The molecule has 0 fully saturated rings. The Kier molecular flexibility index (Phi) is 5.72. The third-order valence-electron chi connectivity index (χ3n) is 3.72. The van der Waals surface area contributed by atoms with Gasteiger partial charge in [0.2, 0.25) is 15.9 Å². The zero-order valence-corrected chi connectivity index (χ0v) is 14.8. The number of carbonyl (C=O) groups excluding carboxylic acids is 1. The summed E-state index contributed by atoms with van der Waals surface area (Å²) in [6.45, 7) is 2.88. The van der Waals surface area contributed by atoms with Crippen LogP contribution in [0.2, 0.25) is 0 Å². The van der Waals surface area contributed by atoms with E-state index in [1.165, 1.54) is 24.3 Å². The second-order valence-corrected chi connectivity index (χ2v) is 7.43. The van der Waals surface area contributed by atoms with Crippen molar-refractivity contribution in [1.29, 1.82) is 0 Å². The lowest BCUT2D eigenvalue weighted by molar-refractivity contribution is -0.137. The highest BCUT2D eigenvalue weighted by Gasteiger charge is 2.33. The number of halogens is 3. The summed E-state index contributed by atoms with van der Waals surface area (Å²) in [5, 5.41) is 2.08. The minimum Gasteiger partial charge on any atom is -0.324 e. The molecule has 0 aromatic heterocycles. The monoisotopic (exact) mass is 386 g/mol. The molecule has 9 heteroatoms. The summed E-state index contributed by atoms with van der Waals surface area (Å²) < 4.78 is 65.2. The molecule has 26 heavy (non-hydrogen) atoms. The second kappa shape index (κ2) is 7.46. The van der Waals surface area contributed by atoms with E-state index in [9.17, 15) is 26.4 Å². The molecule has 0 atom stereocenters. The lowest BCUT2D eigenvalue weighted by Gasteiger charge is -2.14. The van der Waals surface area contributed by atoms with Gasteiger partial charge >= 0.3 is 6.18 Å². The predicted octanol–water partition coefficient (Wildman–Crippen LogP) is 3.24. The molecule has 0 radical (unpaired) electrons. The fourth-order valence-electron chi connectivity index (χ4n) is 2.16. The van der Waals surface area contributed by atoms with Gasteiger partial charge in [0.15, 0.2) is 0 Å². The third-order valence-corrected chi connectivity index (χ3v) is 5.12. The van der Waals surface area contributed by atoms with Crippen molar-refractivity contribution >= 4 is 21.6 Å². The number of hydrogen-bond donors (Lipinski definition) is 2. The first-order valence-electron chi connectivity index (χ1n) is 7.54. The van der Waals surface area contributed by atoms with Crippen LogP contribution in [0.15, 0.2) is 47.4 Å². The highest BCUT2D eigenvalue weighted by molar-refractivity contribution is 7.89. The van der Waals surface area contributed by atoms with Gasteiger partial charge in [0.25, 0.3) is 0 Å². The van der Waals surface area contributed by atoms with E-state index in [0.29, 0.717) is 0 Å². The van der Waals surface area contributed by atoms with E-state index >= 15 is 0 Å². The summed E-state index contributed by atoms with van der Waals surface area (Å²) in [5.74, 6) is -0.908. The lowest BCUT2D eigenvalue weighted by atomic mass is 10.1. The van der Waals surface area contributed by atoms with Crippen LogP contribution >= 0.6 is 0 Å². The van der Waals surface area contributed by atoms with Crippen molar-refractivity contribution in [2.24, 2.45) is 0 Å². The Morgan fingerprint density at radius 3 is 2.31 bits per heavy atom. The number of aryl methyl sites for hydroxylation is 2. The van der Waals surface area contributed by atoms with Gasteiger partial charge in [0.05, 0.1) is 22.7 Å². The van der Waals surface area contributed by atoms with E-state index in [-0.39, 0.29) is 4.90 Å². The Labute approximate surface area is 149 Å². The van der Waals surface area contributed by atoms with Crippen LogP contribution in [-0.4, -0.2) is 20.9 Å². The summed E-state index contributed by atoms with van der Waals surface area (Å²) in [6.07, 6.45) is -4.64.